The van der Waals surface area contributed by atoms with Gasteiger partial charge in [-0.1, -0.05) is 0 Å². The van der Waals surface area contributed by atoms with E-state index in [0.29, 0.717) is 0 Å². The average Bonchev–Trinajstić information content (AvgIpc) is 2.15. The van der Waals surface area contributed by atoms with Crippen LogP contribution in [-0.4, -0.2) is 23.9 Å². The Kier molecular flexibility index (Phi) is 3.82. The first kappa shape index (κ1) is 13.1. The van der Waals surface area contributed by atoms with Gasteiger partial charge in [0.1, 0.15) is 5.75 Å². The van der Waals surface area contributed by atoms with Gasteiger partial charge in [0.2, 0.25) is 0 Å². The molecule has 1 aromatic rings. The second-order valence-corrected chi connectivity index (χ2v) is 3.27. The Hall–Kier alpha value is -1.92. The van der Waals surface area contributed by atoms with Crippen molar-refractivity contribution >= 4 is 11.7 Å². The van der Waals surface area contributed by atoms with Crippen molar-refractivity contribution in [1.29, 1.82) is 0 Å². The standard InChI is InChI=1S/C10H10F3NO3/c11-10(12,13)3-4-17-6-1-2-7(9(15)16)8(14)5-6/h1-2,5H,3-4,14H2,(H,15,16). The number of carboxylic acid groups (broad SMARTS) is 1. The van der Waals surface area contributed by atoms with E-state index < -0.39 is 25.2 Å². The van der Waals surface area contributed by atoms with Crippen LogP contribution in [-0.2, 0) is 0 Å². The van der Waals surface area contributed by atoms with Crippen molar-refractivity contribution in [1.82, 2.24) is 0 Å². The minimum absolute atomic E-state index is 0.0537. The lowest BCUT2D eigenvalue weighted by molar-refractivity contribution is -0.139. The van der Waals surface area contributed by atoms with Crippen LogP contribution in [0.4, 0.5) is 18.9 Å². The summed E-state index contributed by atoms with van der Waals surface area (Å²) in [5.41, 5.74) is 5.23. The fraction of sp³-hybridized carbons (Fsp3) is 0.300. The number of hydrogen-bond acceptors (Lipinski definition) is 3. The minimum atomic E-state index is -4.29. The van der Waals surface area contributed by atoms with E-state index in [1.54, 1.807) is 0 Å². The van der Waals surface area contributed by atoms with Crippen LogP contribution in [0.2, 0.25) is 0 Å². The summed E-state index contributed by atoms with van der Waals surface area (Å²) in [7, 11) is 0. The van der Waals surface area contributed by atoms with Crippen LogP contribution in [0.1, 0.15) is 16.8 Å². The van der Waals surface area contributed by atoms with Crippen LogP contribution >= 0.6 is 0 Å². The molecule has 0 atom stereocenters. The van der Waals surface area contributed by atoms with E-state index in [1.807, 2.05) is 0 Å². The van der Waals surface area contributed by atoms with Crippen LogP contribution < -0.4 is 10.5 Å². The molecule has 0 bridgehead atoms. The fourth-order valence-electron chi connectivity index (χ4n) is 1.11. The quantitative estimate of drug-likeness (QED) is 0.803. The third kappa shape index (κ3) is 4.21. The van der Waals surface area contributed by atoms with E-state index in [-0.39, 0.29) is 17.0 Å². The molecule has 17 heavy (non-hydrogen) atoms. The number of benzene rings is 1. The predicted molar refractivity (Wildman–Crippen MR) is 54.0 cm³/mol. The van der Waals surface area contributed by atoms with Gasteiger partial charge < -0.3 is 15.6 Å². The molecule has 0 radical (unpaired) electrons. The van der Waals surface area contributed by atoms with Crippen molar-refractivity contribution < 1.29 is 27.8 Å². The molecule has 0 aliphatic heterocycles. The number of halogens is 3. The number of nitrogen functional groups attached to an aromatic ring is 1. The largest absolute Gasteiger partial charge is 0.493 e. The van der Waals surface area contributed by atoms with Gasteiger partial charge in [0.15, 0.2) is 0 Å². The smallest absolute Gasteiger partial charge is 0.392 e. The van der Waals surface area contributed by atoms with Crippen molar-refractivity contribution in [3.05, 3.63) is 23.8 Å². The second-order valence-electron chi connectivity index (χ2n) is 3.27. The summed E-state index contributed by atoms with van der Waals surface area (Å²) >= 11 is 0. The zero-order chi connectivity index (χ0) is 13.1. The molecule has 0 fully saturated rings. The van der Waals surface area contributed by atoms with Gasteiger partial charge in [0, 0.05) is 11.8 Å². The highest BCUT2D eigenvalue weighted by Crippen LogP contribution is 2.23. The number of nitrogens with two attached hydrogens (primary N) is 1. The Morgan fingerprint density at radius 3 is 2.53 bits per heavy atom. The van der Waals surface area contributed by atoms with Gasteiger partial charge in [-0.2, -0.15) is 13.2 Å². The average molecular weight is 249 g/mol. The molecule has 3 N–H and O–H groups in total. The van der Waals surface area contributed by atoms with Gasteiger partial charge in [0.05, 0.1) is 18.6 Å². The third-order valence-corrected chi connectivity index (χ3v) is 1.91. The normalized spacial score (nSPS) is 11.2. The molecule has 0 heterocycles. The lowest BCUT2D eigenvalue weighted by Gasteiger charge is -2.09. The van der Waals surface area contributed by atoms with E-state index in [2.05, 4.69) is 0 Å². The van der Waals surface area contributed by atoms with Gasteiger partial charge >= 0.3 is 12.1 Å². The highest BCUT2D eigenvalue weighted by Gasteiger charge is 2.26. The first-order valence-electron chi connectivity index (χ1n) is 4.62. The Morgan fingerprint density at radius 2 is 2.06 bits per heavy atom. The van der Waals surface area contributed by atoms with E-state index in [9.17, 15) is 18.0 Å². The SMILES string of the molecule is Nc1cc(OCCC(F)(F)F)ccc1C(=O)O. The summed E-state index contributed by atoms with van der Waals surface area (Å²) < 4.78 is 40.3. The van der Waals surface area contributed by atoms with E-state index in [1.165, 1.54) is 18.2 Å². The molecule has 0 amide bonds. The van der Waals surface area contributed by atoms with Crippen LogP contribution in [0.5, 0.6) is 5.75 Å². The molecule has 0 aliphatic carbocycles. The molecule has 1 aromatic carbocycles. The summed E-state index contributed by atoms with van der Waals surface area (Å²) in [5, 5.41) is 8.67. The Morgan fingerprint density at radius 1 is 1.41 bits per heavy atom. The van der Waals surface area contributed by atoms with Gasteiger partial charge in [0.25, 0.3) is 0 Å². The van der Waals surface area contributed by atoms with Crippen molar-refractivity contribution in [2.24, 2.45) is 0 Å². The maximum atomic E-state index is 11.8. The van der Waals surface area contributed by atoms with Crippen molar-refractivity contribution in [3.63, 3.8) is 0 Å². The highest BCUT2D eigenvalue weighted by molar-refractivity contribution is 5.93. The molecule has 0 aliphatic rings. The lowest BCUT2D eigenvalue weighted by Crippen LogP contribution is -2.13. The number of carbonyl (C=O) groups is 1. The molecule has 1 rings (SSSR count). The summed E-state index contributed by atoms with van der Waals surface area (Å²) in [4.78, 5) is 10.6. The summed E-state index contributed by atoms with van der Waals surface area (Å²) in [5.74, 6) is -1.10. The van der Waals surface area contributed by atoms with E-state index in [4.69, 9.17) is 15.6 Å². The molecule has 94 valence electrons. The number of aromatic carboxylic acids is 1. The summed E-state index contributed by atoms with van der Waals surface area (Å²) in [6.45, 7) is -0.532. The van der Waals surface area contributed by atoms with Gasteiger partial charge in [-0.25, -0.2) is 4.79 Å². The zero-order valence-corrected chi connectivity index (χ0v) is 8.62. The number of rotatable bonds is 4. The number of alkyl halides is 3. The molecule has 0 aromatic heterocycles. The van der Waals surface area contributed by atoms with Gasteiger partial charge in [-0.05, 0) is 12.1 Å². The van der Waals surface area contributed by atoms with Crippen LogP contribution in [0.25, 0.3) is 0 Å². The van der Waals surface area contributed by atoms with Gasteiger partial charge in [-0.3, -0.25) is 0 Å². The Bertz CT molecular complexity index is 418. The minimum Gasteiger partial charge on any atom is -0.493 e. The maximum Gasteiger partial charge on any atom is 0.392 e. The van der Waals surface area contributed by atoms with Crippen LogP contribution in [0, 0.1) is 0 Å². The number of ether oxygens (including phenoxy) is 1. The molecule has 7 heteroatoms. The first-order valence-corrected chi connectivity index (χ1v) is 4.62. The Balaban J connectivity index is 2.62. The predicted octanol–water partition coefficient (Wildman–Crippen LogP) is 2.30. The summed E-state index contributed by atoms with van der Waals surface area (Å²) in [6.07, 6.45) is -5.36. The number of anilines is 1. The number of hydrogen-bond donors (Lipinski definition) is 2. The lowest BCUT2D eigenvalue weighted by atomic mass is 10.2. The Labute approximate surface area is 94.8 Å². The van der Waals surface area contributed by atoms with Crippen LogP contribution in [0.3, 0.4) is 0 Å². The van der Waals surface area contributed by atoms with E-state index in [0.717, 1.165) is 0 Å². The van der Waals surface area contributed by atoms with Gasteiger partial charge in [-0.15, -0.1) is 0 Å². The molecular formula is C10H10F3NO3. The van der Waals surface area contributed by atoms with E-state index >= 15 is 0 Å². The third-order valence-electron chi connectivity index (χ3n) is 1.91. The molecule has 0 spiro atoms. The first-order chi connectivity index (χ1) is 7.79. The van der Waals surface area contributed by atoms with Crippen LogP contribution in [0.15, 0.2) is 18.2 Å². The van der Waals surface area contributed by atoms with Crippen molar-refractivity contribution in [2.45, 2.75) is 12.6 Å². The molecule has 0 saturated carbocycles. The topological polar surface area (TPSA) is 72.5 Å². The van der Waals surface area contributed by atoms with Crippen molar-refractivity contribution in [3.8, 4) is 5.75 Å². The monoisotopic (exact) mass is 249 g/mol. The number of carboxylic acids is 1. The highest BCUT2D eigenvalue weighted by atomic mass is 19.4. The zero-order valence-electron chi connectivity index (χ0n) is 8.62. The molecular weight excluding hydrogens is 239 g/mol. The summed E-state index contributed by atoms with van der Waals surface area (Å²) in [6, 6.07) is 3.62. The maximum absolute atomic E-state index is 11.8. The molecule has 0 saturated heterocycles. The van der Waals surface area contributed by atoms with Crippen molar-refractivity contribution in [2.75, 3.05) is 12.3 Å². The fourth-order valence-corrected chi connectivity index (χ4v) is 1.11. The second kappa shape index (κ2) is 4.94. The molecule has 4 nitrogen and oxygen atoms in total. The molecule has 0 unspecified atom stereocenters.